The number of aliphatic imine (C=N–C) groups is 2. The summed E-state index contributed by atoms with van der Waals surface area (Å²) in [6, 6.07) is 14.5. The number of likely N-dealkylation sites (tertiary alicyclic amines) is 1. The van der Waals surface area contributed by atoms with Gasteiger partial charge in [-0.2, -0.15) is 4.99 Å². The van der Waals surface area contributed by atoms with Crippen LogP contribution < -0.4 is 16.0 Å². The second-order valence-corrected chi connectivity index (χ2v) is 6.83. The fourth-order valence-electron chi connectivity index (χ4n) is 3.40. The van der Waals surface area contributed by atoms with E-state index in [1.54, 1.807) is 6.07 Å². The molecule has 0 aliphatic carbocycles. The van der Waals surface area contributed by atoms with E-state index in [1.807, 2.05) is 30.0 Å². The van der Waals surface area contributed by atoms with Gasteiger partial charge in [0.15, 0.2) is 0 Å². The van der Waals surface area contributed by atoms with Gasteiger partial charge in [-0.1, -0.05) is 23.8 Å². The zero-order valence-electron chi connectivity index (χ0n) is 15.7. The molecule has 2 aliphatic rings. The van der Waals surface area contributed by atoms with Gasteiger partial charge in [0.1, 0.15) is 5.82 Å². The molecule has 0 bridgehead atoms. The quantitative estimate of drug-likeness (QED) is 0.823. The first-order chi connectivity index (χ1) is 13.1. The lowest BCUT2D eigenvalue weighted by atomic mass is 10.2. The molecule has 0 amide bonds. The maximum atomic E-state index is 13.6. The SMILES string of the molecule is Cc1ccc(N2C(N3CCCC3)=NC(N)=NC2Nc2cccc(F)c2)cc1.Cl. The number of halogens is 2. The Balaban J connectivity index is 0.00000225. The molecule has 0 radical (unpaired) electrons. The van der Waals surface area contributed by atoms with E-state index in [2.05, 4.69) is 32.3 Å². The largest absolute Gasteiger partial charge is 0.368 e. The molecule has 1 unspecified atom stereocenters. The highest BCUT2D eigenvalue weighted by molar-refractivity contribution is 6.06. The standard InChI is InChI=1S/C20H23FN6.ClH/c1-14-7-9-17(10-8-14)27-19(23-16-6-4-5-15(21)13-16)24-18(22)25-20(27)26-11-2-3-12-26;/h4-10,13,19,23H,2-3,11-12H2,1H3,(H2,22,24);1H. The molecule has 0 spiro atoms. The predicted molar refractivity (Wildman–Crippen MR) is 115 cm³/mol. The fraction of sp³-hybridized carbons (Fsp3) is 0.300. The number of hydrogen-bond donors (Lipinski definition) is 2. The minimum absolute atomic E-state index is 0. The lowest BCUT2D eigenvalue weighted by Gasteiger charge is -2.38. The molecule has 0 saturated carbocycles. The van der Waals surface area contributed by atoms with E-state index in [0.717, 1.165) is 37.6 Å². The Hall–Kier alpha value is -2.80. The average molecular weight is 403 g/mol. The van der Waals surface area contributed by atoms with Gasteiger partial charge in [-0.05, 0) is 50.1 Å². The van der Waals surface area contributed by atoms with Crippen molar-refractivity contribution < 1.29 is 4.39 Å². The third-order valence-corrected chi connectivity index (χ3v) is 4.75. The smallest absolute Gasteiger partial charge is 0.222 e. The zero-order valence-corrected chi connectivity index (χ0v) is 16.5. The molecule has 2 aliphatic heterocycles. The van der Waals surface area contributed by atoms with E-state index < -0.39 is 6.29 Å². The van der Waals surface area contributed by atoms with Crippen LogP contribution in [0.2, 0.25) is 0 Å². The number of guanidine groups is 2. The maximum Gasteiger partial charge on any atom is 0.222 e. The minimum Gasteiger partial charge on any atom is -0.368 e. The van der Waals surface area contributed by atoms with E-state index in [1.165, 1.54) is 17.7 Å². The van der Waals surface area contributed by atoms with Gasteiger partial charge in [0, 0.05) is 24.5 Å². The van der Waals surface area contributed by atoms with Gasteiger partial charge in [0.2, 0.25) is 18.2 Å². The summed E-state index contributed by atoms with van der Waals surface area (Å²) in [6.07, 6.45) is 1.74. The second-order valence-electron chi connectivity index (χ2n) is 6.83. The topological polar surface area (TPSA) is 69.2 Å². The van der Waals surface area contributed by atoms with Crippen molar-refractivity contribution in [3.63, 3.8) is 0 Å². The third kappa shape index (κ3) is 4.20. The van der Waals surface area contributed by atoms with E-state index >= 15 is 0 Å². The van der Waals surface area contributed by atoms with Crippen LogP contribution in [0.25, 0.3) is 0 Å². The summed E-state index contributed by atoms with van der Waals surface area (Å²) < 4.78 is 13.6. The molecular formula is C20H24ClFN6. The van der Waals surface area contributed by atoms with Crippen LogP contribution in [-0.4, -0.2) is 36.2 Å². The van der Waals surface area contributed by atoms with Gasteiger partial charge in [-0.25, -0.2) is 9.38 Å². The molecule has 3 N–H and O–H groups in total. The molecule has 1 fully saturated rings. The highest BCUT2D eigenvalue weighted by Gasteiger charge is 2.32. The fourth-order valence-corrected chi connectivity index (χ4v) is 3.40. The first-order valence-corrected chi connectivity index (χ1v) is 9.15. The zero-order chi connectivity index (χ0) is 18.8. The van der Waals surface area contributed by atoms with Gasteiger partial charge in [0.05, 0.1) is 0 Å². The number of hydrogen-bond acceptors (Lipinski definition) is 6. The Bertz CT molecular complexity index is 877. The van der Waals surface area contributed by atoms with Crippen molar-refractivity contribution in [3.8, 4) is 0 Å². The lowest BCUT2D eigenvalue weighted by molar-refractivity contribution is 0.497. The Morgan fingerprint density at radius 3 is 2.50 bits per heavy atom. The second kappa shape index (κ2) is 8.48. The maximum absolute atomic E-state index is 13.6. The van der Waals surface area contributed by atoms with Crippen LogP contribution in [0.5, 0.6) is 0 Å². The molecule has 1 atom stereocenters. The molecule has 2 heterocycles. The monoisotopic (exact) mass is 402 g/mol. The minimum atomic E-state index is -0.511. The summed E-state index contributed by atoms with van der Waals surface area (Å²) in [5.74, 6) is 0.690. The molecular weight excluding hydrogens is 379 g/mol. The molecule has 8 heteroatoms. The number of anilines is 2. The number of rotatable bonds is 3. The first-order valence-electron chi connectivity index (χ1n) is 9.15. The summed E-state index contributed by atoms with van der Waals surface area (Å²) in [7, 11) is 0. The summed E-state index contributed by atoms with van der Waals surface area (Å²) in [5, 5.41) is 3.28. The Kier molecular flexibility index (Phi) is 6.04. The summed E-state index contributed by atoms with van der Waals surface area (Å²) in [4.78, 5) is 13.3. The molecule has 6 nitrogen and oxygen atoms in total. The molecule has 0 aromatic heterocycles. The van der Waals surface area contributed by atoms with Crippen LogP contribution in [0.1, 0.15) is 18.4 Å². The van der Waals surface area contributed by atoms with Crippen molar-refractivity contribution in [1.82, 2.24) is 4.90 Å². The van der Waals surface area contributed by atoms with Crippen molar-refractivity contribution in [1.29, 1.82) is 0 Å². The third-order valence-electron chi connectivity index (χ3n) is 4.75. The summed E-state index contributed by atoms with van der Waals surface area (Å²) in [6.45, 7) is 3.91. The van der Waals surface area contributed by atoms with Crippen molar-refractivity contribution in [3.05, 3.63) is 59.9 Å². The van der Waals surface area contributed by atoms with E-state index in [4.69, 9.17) is 5.73 Å². The van der Waals surface area contributed by atoms with E-state index in [9.17, 15) is 4.39 Å². The van der Waals surface area contributed by atoms with Crippen molar-refractivity contribution in [2.75, 3.05) is 23.3 Å². The molecule has 2 aromatic rings. The lowest BCUT2D eigenvalue weighted by Crippen LogP contribution is -2.54. The molecule has 148 valence electrons. The van der Waals surface area contributed by atoms with Crippen LogP contribution in [-0.2, 0) is 0 Å². The average Bonchev–Trinajstić information content (AvgIpc) is 3.17. The first kappa shape index (κ1) is 19.9. The molecule has 2 aromatic carbocycles. The van der Waals surface area contributed by atoms with Gasteiger partial charge in [-0.3, -0.25) is 4.90 Å². The number of nitrogens with one attached hydrogen (secondary N) is 1. The molecule has 28 heavy (non-hydrogen) atoms. The van der Waals surface area contributed by atoms with Crippen molar-refractivity contribution >= 4 is 35.7 Å². The van der Waals surface area contributed by atoms with Crippen LogP contribution in [0.4, 0.5) is 15.8 Å². The van der Waals surface area contributed by atoms with Crippen LogP contribution in [0.15, 0.2) is 58.5 Å². The highest BCUT2D eigenvalue weighted by atomic mass is 35.5. The number of nitrogens with zero attached hydrogens (tertiary/aromatic N) is 4. The Labute approximate surface area is 170 Å². The van der Waals surface area contributed by atoms with Gasteiger partial charge >= 0.3 is 0 Å². The van der Waals surface area contributed by atoms with Gasteiger partial charge in [-0.15, -0.1) is 12.4 Å². The molecule has 4 rings (SSSR count). The van der Waals surface area contributed by atoms with Gasteiger partial charge < -0.3 is 16.0 Å². The summed E-state index contributed by atoms with van der Waals surface area (Å²) in [5.41, 5.74) is 8.79. The normalized spacial score (nSPS) is 19.0. The Morgan fingerprint density at radius 2 is 1.82 bits per heavy atom. The number of nitrogens with two attached hydrogens (primary N) is 1. The van der Waals surface area contributed by atoms with Crippen LogP contribution >= 0.6 is 12.4 Å². The van der Waals surface area contributed by atoms with E-state index in [0.29, 0.717) is 5.69 Å². The Morgan fingerprint density at radius 1 is 1.11 bits per heavy atom. The molecule has 1 saturated heterocycles. The number of benzene rings is 2. The predicted octanol–water partition coefficient (Wildman–Crippen LogP) is 3.54. The van der Waals surface area contributed by atoms with Crippen LogP contribution in [0.3, 0.4) is 0 Å². The van der Waals surface area contributed by atoms with E-state index in [-0.39, 0.29) is 24.2 Å². The van der Waals surface area contributed by atoms with Crippen LogP contribution in [0, 0.1) is 12.7 Å². The number of aryl methyl sites for hydroxylation is 1. The van der Waals surface area contributed by atoms with Gasteiger partial charge in [0.25, 0.3) is 0 Å². The van der Waals surface area contributed by atoms with Crippen molar-refractivity contribution in [2.24, 2.45) is 15.7 Å². The van der Waals surface area contributed by atoms with Crippen molar-refractivity contribution in [2.45, 2.75) is 26.1 Å². The summed E-state index contributed by atoms with van der Waals surface area (Å²) >= 11 is 0. The highest BCUT2D eigenvalue weighted by Crippen LogP contribution is 2.26.